The highest BCUT2D eigenvalue weighted by molar-refractivity contribution is 5.85. The highest BCUT2D eigenvalue weighted by Gasteiger charge is 2.13. The van der Waals surface area contributed by atoms with Crippen molar-refractivity contribution >= 4 is 16.9 Å². The van der Waals surface area contributed by atoms with Crippen LogP contribution in [0.3, 0.4) is 0 Å². The largest absolute Gasteiger partial charge is 0.383 e. The van der Waals surface area contributed by atoms with Gasteiger partial charge < -0.3 is 10.7 Å². The predicted octanol–water partition coefficient (Wildman–Crippen LogP) is 0.362. The summed E-state index contributed by atoms with van der Waals surface area (Å²) in [5, 5.41) is 4.44. The molecule has 0 amide bonds. The van der Waals surface area contributed by atoms with Crippen molar-refractivity contribution in [2.24, 2.45) is 7.05 Å². The van der Waals surface area contributed by atoms with Crippen LogP contribution >= 0.6 is 0 Å². The van der Waals surface area contributed by atoms with Crippen LogP contribution in [-0.4, -0.2) is 19.7 Å². The zero-order chi connectivity index (χ0) is 11.2. The molecular weight excluding hydrogens is 194 g/mol. The van der Waals surface area contributed by atoms with Gasteiger partial charge in [0, 0.05) is 13.0 Å². The molecule has 2 aromatic rings. The van der Waals surface area contributed by atoms with Gasteiger partial charge in [0.25, 0.3) is 5.56 Å². The fourth-order valence-corrected chi connectivity index (χ4v) is 1.41. The van der Waals surface area contributed by atoms with Crippen molar-refractivity contribution in [1.29, 1.82) is 0 Å². The molecule has 2 aromatic heterocycles. The first-order chi connectivity index (χ1) is 7.00. The fraction of sp³-hybridized carbons (Fsp3) is 0.444. The Balaban J connectivity index is 2.85. The molecule has 0 aliphatic rings. The summed E-state index contributed by atoms with van der Waals surface area (Å²) in [7, 11) is 1.69. The molecule has 0 spiro atoms. The fourth-order valence-electron chi connectivity index (χ4n) is 1.41. The van der Waals surface area contributed by atoms with Crippen LogP contribution in [0.15, 0.2) is 4.79 Å². The Morgan fingerprint density at radius 2 is 2.13 bits per heavy atom. The maximum Gasteiger partial charge on any atom is 0.264 e. The topological polar surface area (TPSA) is 89.6 Å². The molecule has 6 nitrogen and oxygen atoms in total. The molecule has 0 aliphatic heterocycles. The van der Waals surface area contributed by atoms with E-state index in [9.17, 15) is 4.79 Å². The Labute approximate surface area is 86.1 Å². The van der Waals surface area contributed by atoms with Crippen molar-refractivity contribution < 1.29 is 0 Å². The van der Waals surface area contributed by atoms with E-state index >= 15 is 0 Å². The summed E-state index contributed by atoms with van der Waals surface area (Å²) in [5.41, 5.74) is 5.88. The maximum absolute atomic E-state index is 11.7. The number of nitrogens with one attached hydrogen (secondary N) is 1. The van der Waals surface area contributed by atoms with Crippen LogP contribution in [0.25, 0.3) is 11.0 Å². The molecule has 0 saturated carbocycles. The molecule has 0 radical (unpaired) electrons. The van der Waals surface area contributed by atoms with E-state index in [4.69, 9.17) is 5.73 Å². The Hall–Kier alpha value is -1.85. The van der Waals surface area contributed by atoms with Crippen molar-refractivity contribution in [2.45, 2.75) is 19.8 Å². The quantitative estimate of drug-likeness (QED) is 0.706. The molecule has 0 fully saturated rings. The zero-order valence-corrected chi connectivity index (χ0v) is 8.90. The molecule has 2 rings (SSSR count). The summed E-state index contributed by atoms with van der Waals surface area (Å²) in [6.07, 6.45) is 0. The van der Waals surface area contributed by atoms with Crippen LogP contribution in [0.5, 0.6) is 0 Å². The van der Waals surface area contributed by atoms with Crippen LogP contribution in [0.1, 0.15) is 25.6 Å². The lowest BCUT2D eigenvalue weighted by Crippen LogP contribution is -2.13. The van der Waals surface area contributed by atoms with Crippen LogP contribution < -0.4 is 11.3 Å². The van der Waals surface area contributed by atoms with Crippen LogP contribution in [-0.2, 0) is 7.05 Å². The minimum absolute atomic E-state index is 0.158. The molecular formula is C9H13N5O. The lowest BCUT2D eigenvalue weighted by molar-refractivity contribution is 0.761. The molecule has 0 bridgehead atoms. The van der Waals surface area contributed by atoms with E-state index < -0.39 is 0 Å². The second-order valence-corrected chi connectivity index (χ2v) is 3.81. The van der Waals surface area contributed by atoms with Crippen molar-refractivity contribution in [1.82, 2.24) is 19.7 Å². The van der Waals surface area contributed by atoms with Gasteiger partial charge in [-0.2, -0.15) is 5.10 Å². The van der Waals surface area contributed by atoms with Gasteiger partial charge in [-0.1, -0.05) is 13.8 Å². The van der Waals surface area contributed by atoms with Crippen LogP contribution in [0.2, 0.25) is 0 Å². The second kappa shape index (κ2) is 3.08. The first-order valence-electron chi connectivity index (χ1n) is 4.73. The lowest BCUT2D eigenvalue weighted by Gasteiger charge is -2.02. The highest BCUT2D eigenvalue weighted by atomic mass is 16.1. The number of H-pyrrole nitrogens is 1. The Bertz CT molecular complexity index is 566. The van der Waals surface area contributed by atoms with Crippen LogP contribution in [0.4, 0.5) is 5.82 Å². The minimum atomic E-state index is -0.227. The number of hydrogen-bond acceptors (Lipinski definition) is 4. The van der Waals surface area contributed by atoms with E-state index in [0.29, 0.717) is 22.7 Å². The number of nitrogen functional groups attached to an aromatic ring is 1. The van der Waals surface area contributed by atoms with E-state index in [1.165, 1.54) is 4.68 Å². The number of aromatic nitrogens is 4. The Kier molecular flexibility index (Phi) is 1.99. The average Bonchev–Trinajstić information content (AvgIpc) is 2.42. The predicted molar refractivity (Wildman–Crippen MR) is 57.6 cm³/mol. The average molecular weight is 207 g/mol. The summed E-state index contributed by atoms with van der Waals surface area (Å²) in [6, 6.07) is 0. The first kappa shape index (κ1) is 9.70. The molecule has 15 heavy (non-hydrogen) atoms. The van der Waals surface area contributed by atoms with Crippen molar-refractivity contribution in [3.8, 4) is 0 Å². The monoisotopic (exact) mass is 207 g/mol. The second-order valence-electron chi connectivity index (χ2n) is 3.81. The van der Waals surface area contributed by atoms with E-state index in [-0.39, 0.29) is 11.5 Å². The van der Waals surface area contributed by atoms with E-state index in [1.54, 1.807) is 7.05 Å². The van der Waals surface area contributed by atoms with Gasteiger partial charge in [-0.3, -0.25) is 9.48 Å². The Morgan fingerprint density at radius 1 is 1.47 bits per heavy atom. The summed E-state index contributed by atoms with van der Waals surface area (Å²) >= 11 is 0. The number of aromatic amines is 1. The lowest BCUT2D eigenvalue weighted by atomic mass is 10.2. The minimum Gasteiger partial charge on any atom is -0.383 e. The summed E-state index contributed by atoms with van der Waals surface area (Å²) in [6.45, 7) is 3.91. The molecule has 3 N–H and O–H groups in total. The van der Waals surface area contributed by atoms with Gasteiger partial charge in [0.05, 0.1) is 0 Å². The van der Waals surface area contributed by atoms with E-state index in [0.717, 1.165) is 0 Å². The number of aryl methyl sites for hydroxylation is 1. The van der Waals surface area contributed by atoms with Gasteiger partial charge in [0.15, 0.2) is 5.65 Å². The summed E-state index contributed by atoms with van der Waals surface area (Å²) < 4.78 is 1.46. The number of anilines is 1. The van der Waals surface area contributed by atoms with Crippen LogP contribution in [0, 0.1) is 0 Å². The molecule has 2 heterocycles. The third kappa shape index (κ3) is 1.38. The number of hydrogen-bond donors (Lipinski definition) is 2. The first-order valence-corrected chi connectivity index (χ1v) is 4.73. The molecule has 0 aromatic carbocycles. The number of nitrogens with two attached hydrogens (primary N) is 1. The van der Waals surface area contributed by atoms with Gasteiger partial charge in [-0.15, -0.1) is 0 Å². The van der Waals surface area contributed by atoms with Gasteiger partial charge >= 0.3 is 0 Å². The maximum atomic E-state index is 11.7. The normalized spacial score (nSPS) is 11.5. The SMILES string of the molecule is CC(C)c1nc2nn(C)c(N)c2c(=O)[nH]1. The molecule has 0 atom stereocenters. The molecule has 6 heteroatoms. The van der Waals surface area contributed by atoms with E-state index in [1.807, 2.05) is 13.8 Å². The van der Waals surface area contributed by atoms with Gasteiger partial charge in [-0.25, -0.2) is 4.98 Å². The third-order valence-corrected chi connectivity index (χ3v) is 2.31. The number of nitrogens with zero attached hydrogens (tertiary/aromatic N) is 3. The summed E-state index contributed by atoms with van der Waals surface area (Å²) in [4.78, 5) is 18.7. The van der Waals surface area contributed by atoms with Crippen molar-refractivity contribution in [3.63, 3.8) is 0 Å². The van der Waals surface area contributed by atoms with Gasteiger partial charge in [0.1, 0.15) is 17.0 Å². The number of rotatable bonds is 1. The summed E-state index contributed by atoms with van der Waals surface area (Å²) in [5.74, 6) is 1.13. The smallest absolute Gasteiger partial charge is 0.264 e. The molecule has 80 valence electrons. The molecule has 0 aliphatic carbocycles. The van der Waals surface area contributed by atoms with Crippen molar-refractivity contribution in [2.75, 3.05) is 5.73 Å². The highest BCUT2D eigenvalue weighted by Crippen LogP contribution is 2.15. The van der Waals surface area contributed by atoms with Gasteiger partial charge in [0.2, 0.25) is 0 Å². The van der Waals surface area contributed by atoms with E-state index in [2.05, 4.69) is 15.1 Å². The molecule has 0 unspecified atom stereocenters. The van der Waals surface area contributed by atoms with Gasteiger partial charge in [-0.05, 0) is 0 Å². The molecule has 0 saturated heterocycles. The third-order valence-electron chi connectivity index (χ3n) is 2.31. The number of fused-ring (bicyclic) bond motifs is 1. The Morgan fingerprint density at radius 3 is 2.73 bits per heavy atom. The zero-order valence-electron chi connectivity index (χ0n) is 8.90. The standard InChI is InChI=1S/C9H13N5O/c1-4(2)7-11-8-5(9(15)12-7)6(10)14(3)13-8/h4H,10H2,1-3H3,(H,11,12,13,15). The van der Waals surface area contributed by atoms with Crippen molar-refractivity contribution in [3.05, 3.63) is 16.2 Å².